The largest absolute Gasteiger partial charge is 0.345 e. The zero-order valence-corrected chi connectivity index (χ0v) is 22.1. The van der Waals surface area contributed by atoms with Crippen LogP contribution in [0.3, 0.4) is 0 Å². The summed E-state index contributed by atoms with van der Waals surface area (Å²) in [6.07, 6.45) is 4.15. The molecular formula is C29H42N7O2+. The number of carbonyl (C=O) groups is 2. The van der Waals surface area contributed by atoms with E-state index in [-0.39, 0.29) is 22.7 Å². The van der Waals surface area contributed by atoms with E-state index in [1.165, 1.54) is 0 Å². The second-order valence-electron chi connectivity index (χ2n) is 9.98. The van der Waals surface area contributed by atoms with Gasteiger partial charge in [0.2, 0.25) is 5.91 Å². The van der Waals surface area contributed by atoms with Crippen LogP contribution in [-0.4, -0.2) is 66.1 Å². The maximum Gasteiger partial charge on any atom is 0.237 e. The molecule has 0 aliphatic rings. The van der Waals surface area contributed by atoms with E-state index in [0.717, 1.165) is 22.0 Å². The first-order chi connectivity index (χ1) is 18.3. The summed E-state index contributed by atoms with van der Waals surface area (Å²) in [5.41, 5.74) is 20.4. The zero-order valence-electron chi connectivity index (χ0n) is 22.1. The van der Waals surface area contributed by atoms with Gasteiger partial charge in [0, 0.05) is 37.5 Å². The minimum Gasteiger partial charge on any atom is -0.345 e. The number of ketones is 1. The molecule has 9 N–H and O–H groups in total. The predicted molar refractivity (Wildman–Crippen MR) is 152 cm³/mol. The van der Waals surface area contributed by atoms with E-state index in [1.54, 1.807) is 6.20 Å². The standard InChI is InChI=1S/C29H41N7O2/c30-14-17-36(33,18-15-31)16-6-10-25(32)29(38)35-27(13-12-22-7-2-1-3-8-22)28(37)20-23-19-24-9-4-5-11-26(24)34-21-23/h1-5,7-9,11,19,21,25,27H,6,10,12-18,20,30-33H2/p+1/t25-,27-/m0/s1. The van der Waals surface area contributed by atoms with Crippen molar-refractivity contribution in [1.29, 1.82) is 0 Å². The SMILES string of the molecule is NCC[N+](N)(CCN)CCC[C@H](N)C(=O)N[C@@H](CCc1ccccc1)C(=O)Cc1cnc2ccccc2c1. The van der Waals surface area contributed by atoms with Gasteiger partial charge in [-0.25, -0.2) is 4.59 Å². The fourth-order valence-corrected chi connectivity index (χ4v) is 4.69. The van der Waals surface area contributed by atoms with Crippen LogP contribution in [0.15, 0.2) is 66.9 Å². The third-order valence-electron chi connectivity index (χ3n) is 6.90. The number of nitrogens with one attached hydrogen (secondary N) is 1. The number of nitrogens with zero attached hydrogens (tertiary/aromatic N) is 2. The Morgan fingerprint density at radius 2 is 1.58 bits per heavy atom. The van der Waals surface area contributed by atoms with Crippen molar-refractivity contribution >= 4 is 22.6 Å². The van der Waals surface area contributed by atoms with Crippen molar-refractivity contribution in [2.24, 2.45) is 23.0 Å². The molecule has 0 fully saturated rings. The number of Topliss-reactive ketones (excluding diaryl/α,β-unsaturated/α-hetero) is 1. The Kier molecular flexibility index (Phi) is 11.3. The van der Waals surface area contributed by atoms with Crippen LogP contribution in [0.25, 0.3) is 10.9 Å². The number of aromatic nitrogens is 1. The van der Waals surface area contributed by atoms with Gasteiger partial charge in [-0.2, -0.15) is 5.84 Å². The Morgan fingerprint density at radius 3 is 2.29 bits per heavy atom. The van der Waals surface area contributed by atoms with Gasteiger partial charge in [-0.15, -0.1) is 0 Å². The van der Waals surface area contributed by atoms with Gasteiger partial charge in [0.15, 0.2) is 5.78 Å². The van der Waals surface area contributed by atoms with Crippen molar-refractivity contribution < 1.29 is 14.2 Å². The Hall–Kier alpha value is -3.21. The Bertz CT molecular complexity index is 1170. The van der Waals surface area contributed by atoms with Gasteiger partial charge >= 0.3 is 0 Å². The molecule has 2 aromatic carbocycles. The first-order valence-electron chi connectivity index (χ1n) is 13.3. The number of amides is 1. The van der Waals surface area contributed by atoms with Gasteiger partial charge in [-0.05, 0) is 42.5 Å². The van der Waals surface area contributed by atoms with Crippen LogP contribution in [0.5, 0.6) is 0 Å². The number of hydrogen-bond donors (Lipinski definition) is 5. The molecule has 0 bridgehead atoms. The monoisotopic (exact) mass is 520 g/mol. The number of quaternary nitrogens is 1. The van der Waals surface area contributed by atoms with Crippen molar-refractivity contribution in [3.8, 4) is 0 Å². The Morgan fingerprint density at radius 1 is 0.895 bits per heavy atom. The number of para-hydroxylation sites is 1. The zero-order chi connectivity index (χ0) is 27.4. The number of fused-ring (bicyclic) bond motifs is 1. The molecule has 3 rings (SSSR count). The number of pyridine rings is 1. The normalized spacial score (nSPS) is 13.3. The number of aryl methyl sites for hydroxylation is 1. The highest BCUT2D eigenvalue weighted by Crippen LogP contribution is 2.15. The average Bonchev–Trinajstić information content (AvgIpc) is 2.91. The summed E-state index contributed by atoms with van der Waals surface area (Å²) in [6.45, 7) is 2.76. The van der Waals surface area contributed by atoms with Crippen molar-refractivity contribution in [3.05, 3.63) is 78.0 Å². The smallest absolute Gasteiger partial charge is 0.237 e. The summed E-state index contributed by atoms with van der Waals surface area (Å²) < 4.78 is 0.263. The van der Waals surface area contributed by atoms with E-state index in [1.807, 2.05) is 60.7 Å². The number of nitrogens with two attached hydrogens (primary N) is 4. The first kappa shape index (κ1) is 29.3. The summed E-state index contributed by atoms with van der Waals surface area (Å²) >= 11 is 0. The van der Waals surface area contributed by atoms with Gasteiger partial charge in [-0.1, -0.05) is 48.5 Å². The van der Waals surface area contributed by atoms with E-state index in [9.17, 15) is 9.59 Å². The van der Waals surface area contributed by atoms with Crippen LogP contribution in [0, 0.1) is 0 Å². The molecular weight excluding hydrogens is 478 g/mol. The number of hydrogen-bond acceptors (Lipinski definition) is 7. The van der Waals surface area contributed by atoms with Crippen molar-refractivity contribution in [1.82, 2.24) is 10.3 Å². The van der Waals surface area contributed by atoms with E-state index in [0.29, 0.717) is 58.4 Å². The van der Waals surface area contributed by atoms with Crippen LogP contribution in [0.2, 0.25) is 0 Å². The predicted octanol–water partition coefficient (Wildman–Crippen LogP) is 1.18. The second-order valence-corrected chi connectivity index (χ2v) is 9.98. The van der Waals surface area contributed by atoms with Gasteiger partial charge in [-0.3, -0.25) is 14.6 Å². The first-order valence-corrected chi connectivity index (χ1v) is 13.3. The lowest BCUT2D eigenvalue weighted by molar-refractivity contribution is -0.937. The Labute approximate surface area is 225 Å². The summed E-state index contributed by atoms with van der Waals surface area (Å²) in [7, 11) is 0. The summed E-state index contributed by atoms with van der Waals surface area (Å²) in [4.78, 5) is 30.9. The van der Waals surface area contributed by atoms with Crippen LogP contribution in [-0.2, 0) is 22.4 Å². The Balaban J connectivity index is 1.63. The maximum atomic E-state index is 13.4. The van der Waals surface area contributed by atoms with Gasteiger partial charge in [0.25, 0.3) is 0 Å². The molecule has 1 amide bonds. The molecule has 0 saturated heterocycles. The van der Waals surface area contributed by atoms with Crippen LogP contribution in [0.1, 0.15) is 30.4 Å². The summed E-state index contributed by atoms with van der Waals surface area (Å²) in [5, 5.41) is 3.91. The molecule has 1 aromatic heterocycles. The molecule has 9 nitrogen and oxygen atoms in total. The molecule has 0 aliphatic heterocycles. The number of rotatable bonds is 16. The van der Waals surface area contributed by atoms with E-state index in [4.69, 9.17) is 23.0 Å². The molecule has 38 heavy (non-hydrogen) atoms. The maximum absolute atomic E-state index is 13.4. The lowest BCUT2D eigenvalue weighted by Gasteiger charge is -2.32. The number of carbonyl (C=O) groups excluding carboxylic acids is 2. The summed E-state index contributed by atoms with van der Waals surface area (Å²) in [5.74, 6) is 5.99. The van der Waals surface area contributed by atoms with Gasteiger partial charge in [0.1, 0.15) is 13.1 Å². The highest BCUT2D eigenvalue weighted by Gasteiger charge is 2.26. The molecule has 0 spiro atoms. The van der Waals surface area contributed by atoms with Crippen molar-refractivity contribution in [2.45, 2.75) is 44.2 Å². The third-order valence-corrected chi connectivity index (χ3v) is 6.90. The highest BCUT2D eigenvalue weighted by molar-refractivity contribution is 5.92. The average molecular weight is 521 g/mol. The fraction of sp³-hybridized carbons (Fsp3) is 0.414. The van der Waals surface area contributed by atoms with Gasteiger partial charge < -0.3 is 22.5 Å². The van der Waals surface area contributed by atoms with Crippen LogP contribution >= 0.6 is 0 Å². The van der Waals surface area contributed by atoms with E-state index < -0.39 is 12.1 Å². The van der Waals surface area contributed by atoms with Gasteiger partial charge in [0.05, 0.1) is 24.1 Å². The molecule has 1 heterocycles. The highest BCUT2D eigenvalue weighted by atomic mass is 16.2. The minimum absolute atomic E-state index is 0.0675. The van der Waals surface area contributed by atoms with Crippen molar-refractivity contribution in [2.75, 3.05) is 32.7 Å². The summed E-state index contributed by atoms with van der Waals surface area (Å²) in [6, 6.07) is 18.3. The van der Waals surface area contributed by atoms with E-state index in [2.05, 4.69) is 10.3 Å². The molecule has 0 radical (unpaired) electrons. The molecule has 0 aliphatic carbocycles. The number of benzene rings is 2. The molecule has 2 atom stereocenters. The van der Waals surface area contributed by atoms with Crippen LogP contribution < -0.4 is 28.4 Å². The second kappa shape index (κ2) is 14.7. The molecule has 0 unspecified atom stereocenters. The molecule has 9 heteroatoms. The minimum atomic E-state index is -0.742. The quantitative estimate of drug-likeness (QED) is 0.108. The fourth-order valence-electron chi connectivity index (χ4n) is 4.69. The molecule has 0 saturated carbocycles. The lowest BCUT2D eigenvalue weighted by Crippen LogP contribution is -2.59. The third kappa shape index (κ3) is 8.97. The van der Waals surface area contributed by atoms with Crippen molar-refractivity contribution in [3.63, 3.8) is 0 Å². The lowest BCUT2D eigenvalue weighted by atomic mass is 9.97. The molecule has 204 valence electrons. The molecule has 3 aromatic rings. The van der Waals surface area contributed by atoms with Crippen LogP contribution in [0.4, 0.5) is 0 Å². The topological polar surface area (TPSA) is 163 Å². The van der Waals surface area contributed by atoms with E-state index >= 15 is 0 Å².